The largest absolute Gasteiger partial charge is 0.298 e. The molecular formula is C16H30O. The van der Waals surface area contributed by atoms with E-state index >= 15 is 0 Å². The third-order valence-corrected chi connectivity index (χ3v) is 6.32. The number of Topliss-reactive ketones (excluding diaryl/α,β-unsaturated/α-hetero) is 1. The van der Waals surface area contributed by atoms with Crippen LogP contribution in [0.25, 0.3) is 0 Å². The van der Waals surface area contributed by atoms with E-state index in [0.29, 0.717) is 5.78 Å². The van der Waals surface area contributed by atoms with Crippen LogP contribution < -0.4 is 0 Å². The molecule has 0 atom stereocenters. The van der Waals surface area contributed by atoms with Crippen molar-refractivity contribution in [1.82, 2.24) is 0 Å². The Hall–Kier alpha value is -0.330. The van der Waals surface area contributed by atoms with E-state index in [0.717, 1.165) is 38.5 Å². The Balaban J connectivity index is 3.36. The number of ketones is 1. The van der Waals surface area contributed by atoms with Gasteiger partial charge in [-0.05, 0) is 43.9 Å². The van der Waals surface area contributed by atoms with Gasteiger partial charge in [0.05, 0.1) is 0 Å². The van der Waals surface area contributed by atoms with E-state index in [9.17, 15) is 4.79 Å². The molecule has 0 N–H and O–H groups in total. The second kappa shape index (κ2) is 4.74. The van der Waals surface area contributed by atoms with Gasteiger partial charge in [-0.1, -0.05) is 41.5 Å². The van der Waals surface area contributed by atoms with Gasteiger partial charge in [-0.2, -0.15) is 0 Å². The SMILES string of the molecule is CCC1(CC)C(=O)C(CC)(CC)C1(CC)CC. The highest BCUT2D eigenvalue weighted by atomic mass is 16.1. The second-order valence-electron chi connectivity index (χ2n) is 5.70. The summed E-state index contributed by atoms with van der Waals surface area (Å²) in [4.78, 5) is 12.9. The van der Waals surface area contributed by atoms with Crippen molar-refractivity contribution < 1.29 is 4.79 Å². The van der Waals surface area contributed by atoms with E-state index in [1.165, 1.54) is 0 Å². The quantitative estimate of drug-likeness (QED) is 0.637. The Morgan fingerprint density at radius 1 is 0.647 bits per heavy atom. The average molecular weight is 238 g/mol. The smallest absolute Gasteiger partial charge is 0.146 e. The molecule has 1 nitrogen and oxygen atoms in total. The predicted molar refractivity (Wildman–Crippen MR) is 74.1 cm³/mol. The zero-order valence-electron chi connectivity index (χ0n) is 12.7. The fourth-order valence-electron chi connectivity index (χ4n) is 5.39. The van der Waals surface area contributed by atoms with Crippen molar-refractivity contribution in [3.63, 3.8) is 0 Å². The van der Waals surface area contributed by atoms with Gasteiger partial charge in [0.25, 0.3) is 0 Å². The molecule has 0 radical (unpaired) electrons. The van der Waals surface area contributed by atoms with Gasteiger partial charge in [-0.15, -0.1) is 0 Å². The highest BCUT2D eigenvalue weighted by Crippen LogP contribution is 2.73. The summed E-state index contributed by atoms with van der Waals surface area (Å²) in [6.45, 7) is 13.4. The molecule has 0 amide bonds. The molecule has 0 bridgehead atoms. The van der Waals surface area contributed by atoms with Gasteiger partial charge >= 0.3 is 0 Å². The first-order valence-electron chi connectivity index (χ1n) is 7.57. The van der Waals surface area contributed by atoms with Crippen molar-refractivity contribution in [2.24, 2.45) is 16.2 Å². The van der Waals surface area contributed by atoms with Crippen LogP contribution in [0.4, 0.5) is 0 Å². The Morgan fingerprint density at radius 2 is 0.941 bits per heavy atom. The fourth-order valence-corrected chi connectivity index (χ4v) is 5.39. The molecule has 0 unspecified atom stereocenters. The summed E-state index contributed by atoms with van der Waals surface area (Å²) in [6, 6.07) is 0. The van der Waals surface area contributed by atoms with Gasteiger partial charge in [-0.3, -0.25) is 4.79 Å². The Kier molecular flexibility index (Phi) is 4.11. The minimum absolute atomic E-state index is 0.0253. The Labute approximate surface area is 107 Å². The van der Waals surface area contributed by atoms with Crippen LogP contribution in [0.1, 0.15) is 80.1 Å². The van der Waals surface area contributed by atoms with Crippen LogP contribution in [0.3, 0.4) is 0 Å². The van der Waals surface area contributed by atoms with E-state index < -0.39 is 0 Å². The summed E-state index contributed by atoms with van der Waals surface area (Å²) >= 11 is 0. The maximum absolute atomic E-state index is 12.9. The molecule has 0 aromatic carbocycles. The lowest BCUT2D eigenvalue weighted by molar-refractivity contribution is -0.215. The summed E-state index contributed by atoms with van der Waals surface area (Å²) < 4.78 is 0. The first-order chi connectivity index (χ1) is 8.02. The zero-order valence-corrected chi connectivity index (χ0v) is 12.7. The van der Waals surface area contributed by atoms with Crippen molar-refractivity contribution in [2.45, 2.75) is 80.1 Å². The third kappa shape index (κ3) is 1.29. The lowest BCUT2D eigenvalue weighted by Gasteiger charge is -2.70. The van der Waals surface area contributed by atoms with Crippen LogP contribution in [-0.4, -0.2) is 5.78 Å². The molecule has 1 rings (SSSR count). The number of carbonyl (C=O) groups excluding carboxylic acids is 1. The standard InChI is InChI=1S/C16H30O/c1-7-14(8-2)13(17)15(9-3,10-4)16(14,11-5)12-6/h7-12H2,1-6H3. The van der Waals surface area contributed by atoms with E-state index in [1.54, 1.807) is 0 Å². The van der Waals surface area contributed by atoms with Crippen LogP contribution in [0.5, 0.6) is 0 Å². The van der Waals surface area contributed by atoms with E-state index in [1.807, 2.05) is 0 Å². The summed E-state index contributed by atoms with van der Waals surface area (Å²) in [5.41, 5.74) is 0.203. The molecule has 0 spiro atoms. The average Bonchev–Trinajstić information content (AvgIpc) is 2.38. The minimum atomic E-state index is -0.0253. The van der Waals surface area contributed by atoms with Crippen molar-refractivity contribution in [1.29, 1.82) is 0 Å². The van der Waals surface area contributed by atoms with E-state index in [4.69, 9.17) is 0 Å². The first kappa shape index (κ1) is 14.7. The van der Waals surface area contributed by atoms with Crippen LogP contribution in [0.15, 0.2) is 0 Å². The molecule has 17 heavy (non-hydrogen) atoms. The molecule has 0 aliphatic heterocycles. The van der Waals surface area contributed by atoms with Crippen LogP contribution in [0, 0.1) is 16.2 Å². The fraction of sp³-hybridized carbons (Fsp3) is 0.938. The molecule has 0 aromatic heterocycles. The zero-order chi connectivity index (χ0) is 13.3. The normalized spacial score (nSPS) is 24.5. The molecule has 1 saturated carbocycles. The van der Waals surface area contributed by atoms with Gasteiger partial charge in [0, 0.05) is 10.8 Å². The van der Waals surface area contributed by atoms with E-state index in [-0.39, 0.29) is 16.2 Å². The molecule has 1 aliphatic rings. The Morgan fingerprint density at radius 3 is 1.12 bits per heavy atom. The molecule has 0 saturated heterocycles. The minimum Gasteiger partial charge on any atom is -0.298 e. The number of hydrogen-bond acceptors (Lipinski definition) is 1. The molecule has 0 heterocycles. The van der Waals surface area contributed by atoms with Crippen LogP contribution in [0.2, 0.25) is 0 Å². The number of carbonyl (C=O) groups is 1. The lowest BCUT2D eigenvalue weighted by atomic mass is 9.31. The van der Waals surface area contributed by atoms with Crippen molar-refractivity contribution in [2.75, 3.05) is 0 Å². The maximum Gasteiger partial charge on any atom is 0.146 e. The third-order valence-electron chi connectivity index (χ3n) is 6.32. The summed E-state index contributed by atoms with van der Waals surface area (Å²) in [7, 11) is 0. The number of hydrogen-bond donors (Lipinski definition) is 0. The van der Waals surface area contributed by atoms with Gasteiger partial charge in [0.1, 0.15) is 5.78 Å². The Bertz CT molecular complexity index is 254. The van der Waals surface area contributed by atoms with Gasteiger partial charge < -0.3 is 0 Å². The monoisotopic (exact) mass is 238 g/mol. The van der Waals surface area contributed by atoms with Crippen molar-refractivity contribution in [3.8, 4) is 0 Å². The topological polar surface area (TPSA) is 17.1 Å². The predicted octanol–water partition coefficient (Wildman–Crippen LogP) is 4.99. The first-order valence-corrected chi connectivity index (χ1v) is 7.57. The van der Waals surface area contributed by atoms with E-state index in [2.05, 4.69) is 41.5 Å². The van der Waals surface area contributed by atoms with Crippen LogP contribution in [-0.2, 0) is 4.79 Å². The molecule has 1 aliphatic carbocycles. The highest BCUT2D eigenvalue weighted by molar-refractivity contribution is 5.99. The highest BCUT2D eigenvalue weighted by Gasteiger charge is 2.74. The van der Waals surface area contributed by atoms with Crippen molar-refractivity contribution in [3.05, 3.63) is 0 Å². The lowest BCUT2D eigenvalue weighted by Crippen LogP contribution is -2.72. The van der Waals surface area contributed by atoms with Gasteiger partial charge in [0.2, 0.25) is 0 Å². The van der Waals surface area contributed by atoms with Crippen LogP contribution >= 0.6 is 0 Å². The second-order valence-corrected chi connectivity index (χ2v) is 5.70. The molecular weight excluding hydrogens is 208 g/mol. The van der Waals surface area contributed by atoms with Gasteiger partial charge in [0.15, 0.2) is 0 Å². The molecule has 1 fully saturated rings. The van der Waals surface area contributed by atoms with Gasteiger partial charge in [-0.25, -0.2) is 0 Å². The molecule has 0 aromatic rings. The summed E-state index contributed by atoms with van der Waals surface area (Å²) in [6.07, 6.45) is 6.38. The summed E-state index contributed by atoms with van der Waals surface area (Å²) in [5, 5.41) is 0. The molecule has 1 heteroatoms. The molecule has 100 valence electrons. The summed E-state index contributed by atoms with van der Waals surface area (Å²) in [5.74, 6) is 0.573. The maximum atomic E-state index is 12.9. The van der Waals surface area contributed by atoms with Crippen molar-refractivity contribution >= 4 is 5.78 Å². The number of rotatable bonds is 6.